The summed E-state index contributed by atoms with van der Waals surface area (Å²) >= 11 is 1.75. The lowest BCUT2D eigenvalue weighted by atomic mass is 10.2. The molecule has 0 atom stereocenters. The molecule has 9 heavy (non-hydrogen) atoms. The molecule has 3 heteroatoms. The summed E-state index contributed by atoms with van der Waals surface area (Å²) in [6, 6.07) is 0. The molecular weight excluding hydrogens is 132 g/mol. The van der Waals surface area contributed by atoms with Crippen LogP contribution in [-0.4, -0.2) is 6.67 Å². The predicted octanol–water partition coefficient (Wildman–Crippen LogP) is 1.22. The first-order valence-corrected chi connectivity index (χ1v) is 3.91. The van der Waals surface area contributed by atoms with E-state index in [0.717, 1.165) is 13.2 Å². The standard InChI is InChI=1S/C6H8N2S/c1-5-2-9-3-6(5)8-4-7-1/h2-3,7-8H,1,4H2. The van der Waals surface area contributed by atoms with Gasteiger partial charge >= 0.3 is 0 Å². The summed E-state index contributed by atoms with van der Waals surface area (Å²) in [5, 5.41) is 10.8. The number of hydrogen-bond acceptors (Lipinski definition) is 3. The predicted molar refractivity (Wildman–Crippen MR) is 39.6 cm³/mol. The largest absolute Gasteiger partial charge is 0.372 e. The maximum Gasteiger partial charge on any atom is 0.0656 e. The number of nitrogens with one attached hydrogen (secondary N) is 2. The van der Waals surface area contributed by atoms with Crippen molar-refractivity contribution in [3.05, 3.63) is 16.3 Å². The third kappa shape index (κ3) is 0.821. The molecule has 1 aliphatic heterocycles. The van der Waals surface area contributed by atoms with E-state index in [-0.39, 0.29) is 0 Å². The molecule has 2 heterocycles. The monoisotopic (exact) mass is 140 g/mol. The van der Waals surface area contributed by atoms with Crippen LogP contribution in [0.3, 0.4) is 0 Å². The summed E-state index contributed by atoms with van der Waals surface area (Å²) in [6.07, 6.45) is 0. The second-order valence-electron chi connectivity index (χ2n) is 2.09. The Balaban J connectivity index is 2.39. The van der Waals surface area contributed by atoms with Crippen LogP contribution in [0.15, 0.2) is 10.8 Å². The molecule has 48 valence electrons. The topological polar surface area (TPSA) is 24.1 Å². The van der Waals surface area contributed by atoms with Crippen molar-refractivity contribution in [1.29, 1.82) is 0 Å². The second kappa shape index (κ2) is 2.01. The number of thiophene rings is 1. The van der Waals surface area contributed by atoms with E-state index in [9.17, 15) is 0 Å². The minimum atomic E-state index is 0.906. The van der Waals surface area contributed by atoms with Gasteiger partial charge in [0.25, 0.3) is 0 Å². The second-order valence-corrected chi connectivity index (χ2v) is 2.83. The van der Waals surface area contributed by atoms with Gasteiger partial charge in [-0.1, -0.05) is 0 Å². The van der Waals surface area contributed by atoms with Crippen LogP contribution in [0.25, 0.3) is 0 Å². The lowest BCUT2D eigenvalue weighted by molar-refractivity contribution is 0.712. The van der Waals surface area contributed by atoms with Gasteiger partial charge in [-0.25, -0.2) is 0 Å². The van der Waals surface area contributed by atoms with Crippen LogP contribution < -0.4 is 10.6 Å². The van der Waals surface area contributed by atoms with Crippen LogP contribution in [0.1, 0.15) is 5.56 Å². The molecule has 0 unspecified atom stereocenters. The van der Waals surface area contributed by atoms with E-state index in [2.05, 4.69) is 21.4 Å². The highest BCUT2D eigenvalue weighted by Gasteiger charge is 2.05. The molecule has 0 fully saturated rings. The molecule has 0 amide bonds. The highest BCUT2D eigenvalue weighted by atomic mass is 32.1. The van der Waals surface area contributed by atoms with E-state index in [1.807, 2.05) is 0 Å². The molecule has 0 spiro atoms. The Morgan fingerprint density at radius 1 is 1.44 bits per heavy atom. The Bertz CT molecular complexity index is 186. The van der Waals surface area contributed by atoms with Crippen LogP contribution in [0.5, 0.6) is 0 Å². The van der Waals surface area contributed by atoms with Gasteiger partial charge in [-0.3, -0.25) is 5.32 Å². The molecule has 1 aromatic rings. The first kappa shape index (κ1) is 5.26. The average molecular weight is 140 g/mol. The van der Waals surface area contributed by atoms with Crippen molar-refractivity contribution in [2.75, 3.05) is 12.0 Å². The molecule has 2 nitrogen and oxygen atoms in total. The van der Waals surface area contributed by atoms with Crippen molar-refractivity contribution in [3.63, 3.8) is 0 Å². The van der Waals surface area contributed by atoms with Crippen LogP contribution in [0.2, 0.25) is 0 Å². The number of fused-ring (bicyclic) bond motifs is 1. The third-order valence-electron chi connectivity index (χ3n) is 1.46. The van der Waals surface area contributed by atoms with E-state index in [0.29, 0.717) is 0 Å². The minimum Gasteiger partial charge on any atom is -0.372 e. The summed E-state index contributed by atoms with van der Waals surface area (Å²) in [5.74, 6) is 0. The Hall–Kier alpha value is -0.540. The van der Waals surface area contributed by atoms with Crippen LogP contribution in [-0.2, 0) is 6.54 Å². The van der Waals surface area contributed by atoms with Crippen LogP contribution >= 0.6 is 11.3 Å². The summed E-state index contributed by atoms with van der Waals surface area (Å²) in [4.78, 5) is 0. The van der Waals surface area contributed by atoms with Crippen molar-refractivity contribution in [1.82, 2.24) is 5.32 Å². The van der Waals surface area contributed by atoms with Gasteiger partial charge in [0.2, 0.25) is 0 Å². The van der Waals surface area contributed by atoms with E-state index < -0.39 is 0 Å². The quantitative estimate of drug-likeness (QED) is 0.566. The maximum absolute atomic E-state index is 3.24. The molecular formula is C6H8N2S. The molecule has 1 aliphatic rings. The zero-order chi connectivity index (χ0) is 6.10. The summed E-state index contributed by atoms with van der Waals surface area (Å²) in [6.45, 7) is 1.93. The lowest BCUT2D eigenvalue weighted by Gasteiger charge is -2.14. The number of anilines is 1. The zero-order valence-electron chi connectivity index (χ0n) is 4.98. The highest BCUT2D eigenvalue weighted by Crippen LogP contribution is 2.21. The molecule has 0 aromatic carbocycles. The van der Waals surface area contributed by atoms with Gasteiger partial charge < -0.3 is 5.32 Å². The van der Waals surface area contributed by atoms with Gasteiger partial charge in [-0.2, -0.15) is 0 Å². The molecule has 2 rings (SSSR count). The molecule has 0 radical (unpaired) electrons. The van der Waals surface area contributed by atoms with E-state index in [4.69, 9.17) is 0 Å². The summed E-state index contributed by atoms with van der Waals surface area (Å²) < 4.78 is 0. The molecule has 0 bridgehead atoms. The number of rotatable bonds is 0. The SMILES string of the molecule is c1scc2c1CNCN2. The zero-order valence-corrected chi connectivity index (χ0v) is 5.79. The highest BCUT2D eigenvalue weighted by molar-refractivity contribution is 7.08. The minimum absolute atomic E-state index is 0.906. The fourth-order valence-corrected chi connectivity index (χ4v) is 1.78. The summed E-state index contributed by atoms with van der Waals surface area (Å²) in [7, 11) is 0. The van der Waals surface area contributed by atoms with E-state index in [1.165, 1.54) is 11.3 Å². The average Bonchev–Trinajstić information content (AvgIpc) is 2.33. The van der Waals surface area contributed by atoms with Crippen molar-refractivity contribution in [2.24, 2.45) is 0 Å². The molecule has 1 aromatic heterocycles. The molecule has 0 saturated heterocycles. The Kier molecular flexibility index (Phi) is 1.17. The van der Waals surface area contributed by atoms with Crippen molar-refractivity contribution >= 4 is 17.0 Å². The van der Waals surface area contributed by atoms with E-state index in [1.54, 1.807) is 11.3 Å². The Morgan fingerprint density at radius 3 is 3.33 bits per heavy atom. The number of hydrogen-bond donors (Lipinski definition) is 2. The van der Waals surface area contributed by atoms with Crippen LogP contribution in [0, 0.1) is 0 Å². The Morgan fingerprint density at radius 2 is 2.44 bits per heavy atom. The fourth-order valence-electron chi connectivity index (χ4n) is 0.970. The van der Waals surface area contributed by atoms with Gasteiger partial charge in [-0.05, 0) is 10.9 Å². The van der Waals surface area contributed by atoms with Gasteiger partial charge in [0, 0.05) is 11.9 Å². The van der Waals surface area contributed by atoms with Gasteiger partial charge in [-0.15, -0.1) is 11.3 Å². The van der Waals surface area contributed by atoms with Crippen molar-refractivity contribution < 1.29 is 0 Å². The normalized spacial score (nSPS) is 16.4. The van der Waals surface area contributed by atoms with Gasteiger partial charge in [0.1, 0.15) is 0 Å². The smallest absolute Gasteiger partial charge is 0.0656 e. The van der Waals surface area contributed by atoms with E-state index >= 15 is 0 Å². The molecule has 2 N–H and O–H groups in total. The van der Waals surface area contributed by atoms with Crippen molar-refractivity contribution in [2.45, 2.75) is 6.54 Å². The first-order valence-electron chi connectivity index (χ1n) is 2.96. The van der Waals surface area contributed by atoms with Gasteiger partial charge in [0.15, 0.2) is 0 Å². The Labute approximate surface area is 57.9 Å². The molecule has 0 saturated carbocycles. The van der Waals surface area contributed by atoms with Gasteiger partial charge in [0.05, 0.1) is 12.4 Å². The van der Waals surface area contributed by atoms with Crippen molar-refractivity contribution in [3.8, 4) is 0 Å². The molecule has 0 aliphatic carbocycles. The lowest BCUT2D eigenvalue weighted by Crippen LogP contribution is -2.26. The fraction of sp³-hybridized carbons (Fsp3) is 0.333. The first-order chi connectivity index (χ1) is 4.47. The maximum atomic E-state index is 3.24. The summed E-state index contributed by atoms with van der Waals surface area (Å²) in [5.41, 5.74) is 2.70. The third-order valence-corrected chi connectivity index (χ3v) is 2.25. The van der Waals surface area contributed by atoms with Crippen LogP contribution in [0.4, 0.5) is 5.69 Å².